The second-order valence-corrected chi connectivity index (χ2v) is 9.30. The number of anilines is 1. The van der Waals surface area contributed by atoms with E-state index in [9.17, 15) is 26.4 Å². The molecule has 0 radical (unpaired) electrons. The SMILES string of the molecule is CS(=O)(=O)N(CCCC(=O)NCCOCc1ccccc1)c1ccc(Cl)c(C(F)(F)F)c1. The highest BCUT2D eigenvalue weighted by molar-refractivity contribution is 7.92. The fraction of sp³-hybridized carbons (Fsp3) is 0.381. The monoisotopic (exact) mass is 492 g/mol. The first-order valence-corrected chi connectivity index (χ1v) is 11.9. The second-order valence-electron chi connectivity index (χ2n) is 6.99. The van der Waals surface area contributed by atoms with Crippen molar-refractivity contribution in [3.63, 3.8) is 0 Å². The van der Waals surface area contributed by atoms with Crippen LogP contribution in [-0.2, 0) is 32.3 Å². The van der Waals surface area contributed by atoms with Gasteiger partial charge in [-0.05, 0) is 30.2 Å². The maximum atomic E-state index is 13.1. The van der Waals surface area contributed by atoms with Gasteiger partial charge in [0.25, 0.3) is 0 Å². The molecule has 176 valence electrons. The second kappa shape index (κ2) is 11.5. The number of benzene rings is 2. The molecule has 0 aliphatic carbocycles. The van der Waals surface area contributed by atoms with Crippen molar-refractivity contribution < 1.29 is 31.1 Å². The first-order valence-electron chi connectivity index (χ1n) is 9.71. The van der Waals surface area contributed by atoms with Crippen LogP contribution in [0.5, 0.6) is 0 Å². The lowest BCUT2D eigenvalue weighted by Gasteiger charge is -2.23. The smallest absolute Gasteiger partial charge is 0.375 e. The molecule has 0 aliphatic rings. The van der Waals surface area contributed by atoms with Gasteiger partial charge in [-0.2, -0.15) is 13.2 Å². The number of nitrogens with zero attached hydrogens (tertiary/aromatic N) is 1. The summed E-state index contributed by atoms with van der Waals surface area (Å²) in [5.74, 6) is -0.311. The van der Waals surface area contributed by atoms with E-state index in [1.807, 2.05) is 30.3 Å². The van der Waals surface area contributed by atoms with E-state index in [2.05, 4.69) is 5.32 Å². The number of hydrogen-bond donors (Lipinski definition) is 1. The van der Waals surface area contributed by atoms with E-state index in [1.54, 1.807) is 0 Å². The van der Waals surface area contributed by atoms with Crippen LogP contribution in [-0.4, -0.2) is 40.3 Å². The van der Waals surface area contributed by atoms with Gasteiger partial charge in [-0.15, -0.1) is 0 Å². The van der Waals surface area contributed by atoms with Crippen LogP contribution in [0, 0.1) is 0 Å². The Labute approximate surface area is 190 Å². The topological polar surface area (TPSA) is 75.7 Å². The molecule has 0 aromatic heterocycles. The standard InChI is InChI=1S/C21H24ClF3N2O4S/c1-32(29,30)27(17-9-10-19(22)18(14-17)21(23,24)25)12-5-8-20(28)26-11-13-31-15-16-6-3-2-4-7-16/h2-4,6-7,9-10,14H,5,8,11-13,15H2,1H3,(H,26,28). The number of amides is 1. The van der Waals surface area contributed by atoms with E-state index in [-0.39, 0.29) is 37.5 Å². The molecule has 0 spiro atoms. The first kappa shape index (κ1) is 26.0. The summed E-state index contributed by atoms with van der Waals surface area (Å²) in [7, 11) is -3.87. The van der Waals surface area contributed by atoms with Crippen molar-refractivity contribution in [1.82, 2.24) is 5.32 Å². The number of nitrogens with one attached hydrogen (secondary N) is 1. The van der Waals surface area contributed by atoms with E-state index in [0.29, 0.717) is 19.3 Å². The third-order valence-corrected chi connectivity index (χ3v) is 5.91. The third-order valence-electron chi connectivity index (χ3n) is 4.39. The molecule has 0 aliphatic heterocycles. The normalized spacial score (nSPS) is 11.9. The number of alkyl halides is 3. The van der Waals surface area contributed by atoms with E-state index in [4.69, 9.17) is 16.3 Å². The van der Waals surface area contributed by atoms with Crippen LogP contribution in [0.15, 0.2) is 48.5 Å². The Morgan fingerprint density at radius 2 is 1.84 bits per heavy atom. The van der Waals surface area contributed by atoms with Crippen molar-refractivity contribution in [3.8, 4) is 0 Å². The van der Waals surface area contributed by atoms with Crippen molar-refractivity contribution in [2.24, 2.45) is 0 Å². The number of halogens is 4. The highest BCUT2D eigenvalue weighted by Gasteiger charge is 2.34. The minimum atomic E-state index is -4.72. The molecular weight excluding hydrogens is 469 g/mol. The molecule has 1 N–H and O–H groups in total. The molecule has 2 rings (SSSR count). The van der Waals surface area contributed by atoms with Crippen LogP contribution in [0.4, 0.5) is 18.9 Å². The van der Waals surface area contributed by atoms with Gasteiger partial charge in [0.2, 0.25) is 15.9 Å². The summed E-state index contributed by atoms with van der Waals surface area (Å²) in [6.45, 7) is 0.853. The first-order chi connectivity index (χ1) is 15.0. The molecule has 1 amide bonds. The summed E-state index contributed by atoms with van der Waals surface area (Å²) < 4.78 is 69.8. The molecule has 0 atom stereocenters. The number of carbonyl (C=O) groups excluding carboxylic acids is 1. The Hall–Kier alpha value is -2.30. The van der Waals surface area contributed by atoms with E-state index in [1.165, 1.54) is 6.07 Å². The Morgan fingerprint density at radius 1 is 1.16 bits per heavy atom. The van der Waals surface area contributed by atoms with Crippen LogP contribution in [0.3, 0.4) is 0 Å². The van der Waals surface area contributed by atoms with Crippen molar-refractivity contribution in [1.29, 1.82) is 0 Å². The van der Waals surface area contributed by atoms with E-state index >= 15 is 0 Å². The Kier molecular flexibility index (Phi) is 9.35. The Balaban J connectivity index is 1.83. The molecule has 0 fully saturated rings. The molecule has 2 aromatic rings. The van der Waals surface area contributed by atoms with E-state index < -0.39 is 26.8 Å². The molecule has 0 saturated heterocycles. The Bertz CT molecular complexity index is 1000. The molecule has 0 saturated carbocycles. The highest BCUT2D eigenvalue weighted by Crippen LogP contribution is 2.37. The average molecular weight is 493 g/mol. The van der Waals surface area contributed by atoms with Crippen LogP contribution >= 0.6 is 11.6 Å². The van der Waals surface area contributed by atoms with Crippen molar-refractivity contribution in [2.45, 2.75) is 25.6 Å². The van der Waals surface area contributed by atoms with Gasteiger partial charge < -0.3 is 10.1 Å². The molecule has 2 aromatic carbocycles. The van der Waals surface area contributed by atoms with Crippen molar-refractivity contribution >= 4 is 33.2 Å². The summed E-state index contributed by atoms with van der Waals surface area (Å²) in [5, 5.41) is 2.14. The van der Waals surface area contributed by atoms with Gasteiger partial charge in [0.1, 0.15) is 0 Å². The van der Waals surface area contributed by atoms with Gasteiger partial charge in [-0.3, -0.25) is 9.10 Å². The maximum Gasteiger partial charge on any atom is 0.417 e. The summed E-state index contributed by atoms with van der Waals surface area (Å²) in [6, 6.07) is 12.4. The minimum Gasteiger partial charge on any atom is -0.375 e. The fourth-order valence-corrected chi connectivity index (χ4v) is 4.05. The van der Waals surface area contributed by atoms with Gasteiger partial charge >= 0.3 is 6.18 Å². The fourth-order valence-electron chi connectivity index (χ4n) is 2.87. The lowest BCUT2D eigenvalue weighted by molar-refractivity contribution is -0.137. The number of sulfonamides is 1. The number of hydrogen-bond acceptors (Lipinski definition) is 4. The highest BCUT2D eigenvalue weighted by atomic mass is 35.5. The largest absolute Gasteiger partial charge is 0.417 e. The van der Waals surface area contributed by atoms with Gasteiger partial charge in [-0.25, -0.2) is 8.42 Å². The quantitative estimate of drug-likeness (QED) is 0.476. The molecule has 32 heavy (non-hydrogen) atoms. The number of ether oxygens (including phenoxy) is 1. The zero-order valence-electron chi connectivity index (χ0n) is 17.4. The van der Waals surface area contributed by atoms with Gasteiger partial charge in [0.15, 0.2) is 0 Å². The molecule has 0 bridgehead atoms. The molecule has 11 heteroatoms. The van der Waals surface area contributed by atoms with Gasteiger partial charge in [0, 0.05) is 19.5 Å². The number of carbonyl (C=O) groups is 1. The van der Waals surface area contributed by atoms with E-state index in [0.717, 1.165) is 22.2 Å². The summed E-state index contributed by atoms with van der Waals surface area (Å²) in [6.07, 6.45) is -3.71. The molecular formula is C21H24ClF3N2O4S. The molecule has 0 unspecified atom stereocenters. The lowest BCUT2D eigenvalue weighted by Crippen LogP contribution is -2.33. The van der Waals surface area contributed by atoms with Crippen molar-refractivity contribution in [2.75, 3.05) is 30.3 Å². The maximum absolute atomic E-state index is 13.1. The summed E-state index contributed by atoms with van der Waals surface area (Å²) >= 11 is 5.60. The summed E-state index contributed by atoms with van der Waals surface area (Å²) in [5.41, 5.74) is -0.284. The zero-order valence-corrected chi connectivity index (χ0v) is 18.9. The zero-order chi connectivity index (χ0) is 23.8. The predicted octanol–water partition coefficient (Wildman–Crippen LogP) is 4.24. The van der Waals surface area contributed by atoms with Crippen LogP contribution in [0.25, 0.3) is 0 Å². The Morgan fingerprint density at radius 3 is 2.47 bits per heavy atom. The molecule has 6 nitrogen and oxygen atoms in total. The average Bonchev–Trinajstić information content (AvgIpc) is 2.70. The van der Waals surface area contributed by atoms with Crippen molar-refractivity contribution in [3.05, 3.63) is 64.7 Å². The van der Waals surface area contributed by atoms with Crippen LogP contribution in [0.1, 0.15) is 24.0 Å². The van der Waals surface area contributed by atoms with Gasteiger partial charge in [-0.1, -0.05) is 41.9 Å². The predicted molar refractivity (Wildman–Crippen MR) is 117 cm³/mol. The third kappa shape index (κ3) is 8.33. The minimum absolute atomic E-state index is 0.00439. The van der Waals surface area contributed by atoms with Crippen LogP contribution in [0.2, 0.25) is 5.02 Å². The summed E-state index contributed by atoms with van der Waals surface area (Å²) in [4.78, 5) is 12.0. The van der Waals surface area contributed by atoms with Gasteiger partial charge in [0.05, 0.1) is 35.7 Å². The molecule has 0 heterocycles. The van der Waals surface area contributed by atoms with Crippen LogP contribution < -0.4 is 9.62 Å². The number of rotatable bonds is 11. The lowest BCUT2D eigenvalue weighted by atomic mass is 10.2.